The lowest BCUT2D eigenvalue weighted by atomic mass is 10.1. The molecule has 114 valence electrons. The fraction of sp³-hybridized carbons (Fsp3) is 0.0625. The second-order valence-corrected chi connectivity index (χ2v) is 5.49. The molecule has 0 aliphatic heterocycles. The minimum Gasteiger partial charge on any atom is -0.353 e. The number of H-pyrrole nitrogens is 1. The van der Waals surface area contributed by atoms with Crippen LogP contribution < -0.4 is 5.32 Å². The van der Waals surface area contributed by atoms with Gasteiger partial charge in [-0.3, -0.25) is 4.79 Å². The van der Waals surface area contributed by atoms with Crippen molar-refractivity contribution in [1.82, 2.24) is 4.98 Å². The molecule has 0 aliphatic carbocycles. The van der Waals surface area contributed by atoms with Crippen LogP contribution in [0.2, 0.25) is 5.02 Å². The van der Waals surface area contributed by atoms with Gasteiger partial charge in [-0.15, -0.1) is 0 Å². The molecule has 0 radical (unpaired) electrons. The molecular formula is C16H12ClN5O. The summed E-state index contributed by atoms with van der Waals surface area (Å²) >= 11 is 5.89. The summed E-state index contributed by atoms with van der Waals surface area (Å²) in [4.78, 5) is 17.6. The number of anilines is 2. The van der Waals surface area contributed by atoms with Gasteiger partial charge in [-0.25, -0.2) is 0 Å². The average Bonchev–Trinajstić information content (AvgIpc) is 2.88. The number of aryl methyl sites for hydroxylation is 1. The van der Waals surface area contributed by atoms with Crippen LogP contribution in [-0.2, 0) is 0 Å². The van der Waals surface area contributed by atoms with E-state index in [4.69, 9.17) is 17.1 Å². The van der Waals surface area contributed by atoms with Crippen LogP contribution in [0.1, 0.15) is 16.1 Å². The first-order valence-corrected chi connectivity index (χ1v) is 7.20. The average molecular weight is 326 g/mol. The van der Waals surface area contributed by atoms with E-state index in [1.54, 1.807) is 24.3 Å². The van der Waals surface area contributed by atoms with Crippen molar-refractivity contribution in [3.05, 3.63) is 69.2 Å². The van der Waals surface area contributed by atoms with Gasteiger partial charge < -0.3 is 10.3 Å². The number of benzene rings is 2. The van der Waals surface area contributed by atoms with Gasteiger partial charge in [0.15, 0.2) is 0 Å². The van der Waals surface area contributed by atoms with Gasteiger partial charge in [0.2, 0.25) is 0 Å². The molecule has 1 amide bonds. The van der Waals surface area contributed by atoms with Crippen LogP contribution >= 0.6 is 11.6 Å². The normalized spacial score (nSPS) is 10.3. The molecule has 0 atom stereocenters. The van der Waals surface area contributed by atoms with Crippen molar-refractivity contribution in [2.24, 2.45) is 5.11 Å². The Hall–Kier alpha value is -2.95. The van der Waals surface area contributed by atoms with Gasteiger partial charge >= 0.3 is 0 Å². The third kappa shape index (κ3) is 2.99. The zero-order chi connectivity index (χ0) is 16.4. The molecule has 7 heteroatoms. The summed E-state index contributed by atoms with van der Waals surface area (Å²) in [6, 6.07) is 12.9. The number of rotatable bonds is 3. The van der Waals surface area contributed by atoms with Crippen LogP contribution in [0.25, 0.3) is 21.3 Å². The predicted molar refractivity (Wildman–Crippen MR) is 91.2 cm³/mol. The fourth-order valence-corrected chi connectivity index (χ4v) is 2.49. The second kappa shape index (κ2) is 6.04. The Morgan fingerprint density at radius 1 is 1.26 bits per heavy atom. The lowest BCUT2D eigenvalue weighted by Crippen LogP contribution is -2.00. The van der Waals surface area contributed by atoms with Gasteiger partial charge in [0.05, 0.1) is 5.69 Å². The predicted octanol–water partition coefficient (Wildman–Crippen LogP) is 5.32. The van der Waals surface area contributed by atoms with Gasteiger partial charge in [0.25, 0.3) is 5.91 Å². The van der Waals surface area contributed by atoms with E-state index < -0.39 is 5.91 Å². The Morgan fingerprint density at radius 3 is 2.70 bits per heavy atom. The van der Waals surface area contributed by atoms with Crippen LogP contribution in [0, 0.1) is 6.92 Å². The number of aromatic nitrogens is 1. The highest BCUT2D eigenvalue weighted by Crippen LogP contribution is 2.32. The van der Waals surface area contributed by atoms with E-state index in [1.807, 2.05) is 25.1 Å². The van der Waals surface area contributed by atoms with Gasteiger partial charge in [0, 0.05) is 26.5 Å². The Bertz CT molecular complexity index is 939. The lowest BCUT2D eigenvalue weighted by molar-refractivity contribution is 0.0997. The number of halogens is 1. The first-order chi connectivity index (χ1) is 11.1. The summed E-state index contributed by atoms with van der Waals surface area (Å²) in [5.41, 5.74) is 11.9. The van der Waals surface area contributed by atoms with Crippen LogP contribution in [0.5, 0.6) is 0 Å². The maximum atomic E-state index is 12.1. The standard InChI is InChI=1S/C16H12ClN5O/c1-9-2-7-13-12(8-9)14(15(20-13)16(23)21-22-18)19-11-5-3-10(17)4-6-11/h2-8,19-20H,1H3. The van der Waals surface area contributed by atoms with Gasteiger partial charge in [-0.05, 0) is 54.0 Å². The quantitative estimate of drug-likeness (QED) is 0.387. The molecular weight excluding hydrogens is 314 g/mol. The number of nitrogens with zero attached hydrogens (tertiary/aromatic N) is 3. The first kappa shape index (κ1) is 15.0. The molecule has 6 nitrogen and oxygen atoms in total. The SMILES string of the molecule is Cc1ccc2[nH]c(C(=O)N=[N+]=[N-])c(Nc3ccc(Cl)cc3)c2c1. The molecule has 2 N–H and O–H groups in total. The van der Waals surface area contributed by atoms with Crippen LogP contribution in [0.3, 0.4) is 0 Å². The summed E-state index contributed by atoms with van der Waals surface area (Å²) in [5.74, 6) is -0.669. The minimum atomic E-state index is -0.669. The van der Waals surface area contributed by atoms with Gasteiger partial charge in [-0.1, -0.05) is 23.2 Å². The summed E-state index contributed by atoms with van der Waals surface area (Å²) < 4.78 is 0. The molecule has 3 aromatic rings. The van der Waals surface area contributed by atoms with E-state index in [0.29, 0.717) is 10.7 Å². The van der Waals surface area contributed by atoms with Crippen LogP contribution in [0.4, 0.5) is 11.4 Å². The van der Waals surface area contributed by atoms with Crippen LogP contribution in [0.15, 0.2) is 47.6 Å². The van der Waals surface area contributed by atoms with E-state index in [2.05, 4.69) is 20.3 Å². The zero-order valence-corrected chi connectivity index (χ0v) is 12.9. The highest BCUT2D eigenvalue weighted by molar-refractivity contribution is 6.30. The van der Waals surface area contributed by atoms with Crippen molar-refractivity contribution in [2.45, 2.75) is 6.92 Å². The molecule has 0 saturated carbocycles. The second-order valence-electron chi connectivity index (χ2n) is 5.05. The molecule has 3 rings (SSSR count). The van der Waals surface area contributed by atoms with E-state index in [9.17, 15) is 4.79 Å². The minimum absolute atomic E-state index is 0.221. The Morgan fingerprint density at radius 2 is 2.00 bits per heavy atom. The van der Waals surface area contributed by atoms with E-state index in [0.717, 1.165) is 22.2 Å². The third-order valence-electron chi connectivity index (χ3n) is 3.42. The maximum Gasteiger partial charge on any atom is 0.267 e. The Balaban J connectivity index is 2.16. The molecule has 0 fully saturated rings. The summed E-state index contributed by atoms with van der Waals surface area (Å²) in [5, 5.41) is 7.84. The molecule has 0 aliphatic rings. The summed E-state index contributed by atoms with van der Waals surface area (Å²) in [7, 11) is 0. The maximum absolute atomic E-state index is 12.1. The van der Waals surface area contributed by atoms with E-state index >= 15 is 0 Å². The molecule has 0 saturated heterocycles. The number of hydrogen-bond donors (Lipinski definition) is 2. The lowest BCUT2D eigenvalue weighted by Gasteiger charge is -2.07. The zero-order valence-electron chi connectivity index (χ0n) is 12.2. The van der Waals surface area contributed by atoms with E-state index in [1.165, 1.54) is 0 Å². The largest absolute Gasteiger partial charge is 0.353 e. The number of azide groups is 1. The van der Waals surface area contributed by atoms with E-state index in [-0.39, 0.29) is 5.69 Å². The van der Waals surface area contributed by atoms with Crippen molar-refractivity contribution >= 4 is 39.8 Å². The number of nitrogens with one attached hydrogen (secondary N) is 2. The monoisotopic (exact) mass is 325 g/mol. The first-order valence-electron chi connectivity index (χ1n) is 6.83. The number of carbonyl (C=O) groups is 1. The number of aromatic amines is 1. The molecule has 1 aromatic heterocycles. The topological polar surface area (TPSA) is 93.7 Å². The Labute approximate surface area is 136 Å². The highest BCUT2D eigenvalue weighted by Gasteiger charge is 2.17. The van der Waals surface area contributed by atoms with Crippen molar-refractivity contribution in [3.63, 3.8) is 0 Å². The molecule has 0 spiro atoms. The van der Waals surface area contributed by atoms with Crippen molar-refractivity contribution in [1.29, 1.82) is 0 Å². The third-order valence-corrected chi connectivity index (χ3v) is 3.67. The Kier molecular flexibility index (Phi) is 3.93. The fourth-order valence-electron chi connectivity index (χ4n) is 2.36. The van der Waals surface area contributed by atoms with Gasteiger partial charge in [0.1, 0.15) is 5.69 Å². The molecule has 23 heavy (non-hydrogen) atoms. The molecule has 1 heterocycles. The van der Waals surface area contributed by atoms with Crippen LogP contribution in [-0.4, -0.2) is 10.9 Å². The number of fused-ring (bicyclic) bond motifs is 1. The van der Waals surface area contributed by atoms with Crippen molar-refractivity contribution in [2.75, 3.05) is 5.32 Å². The van der Waals surface area contributed by atoms with Crippen molar-refractivity contribution < 1.29 is 4.79 Å². The number of amides is 1. The highest BCUT2D eigenvalue weighted by atomic mass is 35.5. The number of hydrogen-bond acceptors (Lipinski definition) is 2. The smallest absolute Gasteiger partial charge is 0.267 e. The van der Waals surface area contributed by atoms with Crippen molar-refractivity contribution in [3.8, 4) is 0 Å². The summed E-state index contributed by atoms with van der Waals surface area (Å²) in [6.07, 6.45) is 0. The molecule has 2 aromatic carbocycles. The molecule has 0 unspecified atom stereocenters. The molecule has 0 bridgehead atoms. The number of carbonyl (C=O) groups excluding carboxylic acids is 1. The summed E-state index contributed by atoms with van der Waals surface area (Å²) in [6.45, 7) is 1.97. The van der Waals surface area contributed by atoms with Gasteiger partial charge in [-0.2, -0.15) is 0 Å².